The standard InChI is InChI=1S/C26H36N2O9S/c1-26(2,3)36-25(34)27-13-15-35-14-12-23(32)37-28-21(29)17-19(24(28)33)5-4-16-38-20-9-6-18(7-10-20)8-11-22(30)31/h6-7,9-10,19H,4-5,8,11-17H2,1-3H3,(H,27,34)(H,30,31). The third-order valence-corrected chi connectivity index (χ3v) is 6.37. The highest BCUT2D eigenvalue weighted by molar-refractivity contribution is 7.99. The van der Waals surface area contributed by atoms with Crippen LogP contribution in [0.5, 0.6) is 0 Å². The van der Waals surface area contributed by atoms with E-state index in [2.05, 4.69) is 5.32 Å². The highest BCUT2D eigenvalue weighted by Gasteiger charge is 2.41. The van der Waals surface area contributed by atoms with E-state index < -0.39 is 41.4 Å². The van der Waals surface area contributed by atoms with Crippen LogP contribution in [0.1, 0.15) is 58.4 Å². The van der Waals surface area contributed by atoms with Crippen molar-refractivity contribution >= 4 is 41.6 Å². The summed E-state index contributed by atoms with van der Waals surface area (Å²) in [6.07, 6.45) is 1.05. The Morgan fingerprint density at radius 1 is 1.11 bits per heavy atom. The molecule has 0 saturated carbocycles. The van der Waals surface area contributed by atoms with Gasteiger partial charge in [-0.15, -0.1) is 16.8 Å². The topological polar surface area (TPSA) is 149 Å². The number of thioether (sulfide) groups is 1. The molecule has 11 nitrogen and oxygen atoms in total. The summed E-state index contributed by atoms with van der Waals surface area (Å²) in [6, 6.07) is 7.69. The van der Waals surface area contributed by atoms with Gasteiger partial charge in [0.1, 0.15) is 5.60 Å². The summed E-state index contributed by atoms with van der Waals surface area (Å²) < 4.78 is 10.4. The highest BCUT2D eigenvalue weighted by atomic mass is 32.2. The van der Waals surface area contributed by atoms with E-state index in [4.69, 9.17) is 19.4 Å². The number of imide groups is 1. The Balaban J connectivity index is 1.60. The average molecular weight is 553 g/mol. The molecular formula is C26H36N2O9S. The lowest BCUT2D eigenvalue weighted by Crippen LogP contribution is -2.34. The summed E-state index contributed by atoms with van der Waals surface area (Å²) in [7, 11) is 0. The third kappa shape index (κ3) is 12.0. The number of amides is 3. The summed E-state index contributed by atoms with van der Waals surface area (Å²) in [4.78, 5) is 65.0. The summed E-state index contributed by atoms with van der Waals surface area (Å²) in [5, 5.41) is 11.8. The molecular weight excluding hydrogens is 516 g/mol. The molecule has 0 spiro atoms. The predicted octanol–water partition coefficient (Wildman–Crippen LogP) is 3.34. The third-order valence-electron chi connectivity index (χ3n) is 5.27. The van der Waals surface area contributed by atoms with E-state index in [0.717, 1.165) is 16.2 Å². The van der Waals surface area contributed by atoms with E-state index in [9.17, 15) is 24.0 Å². The monoisotopic (exact) mass is 552 g/mol. The maximum atomic E-state index is 12.5. The van der Waals surface area contributed by atoms with E-state index in [-0.39, 0.29) is 39.0 Å². The van der Waals surface area contributed by atoms with Crippen LogP contribution in [0.2, 0.25) is 0 Å². The lowest BCUT2D eigenvalue weighted by molar-refractivity contribution is -0.198. The van der Waals surface area contributed by atoms with Gasteiger partial charge in [-0.05, 0) is 63.5 Å². The molecule has 1 atom stereocenters. The molecule has 2 rings (SSSR count). The van der Waals surface area contributed by atoms with Crippen LogP contribution in [-0.2, 0) is 39.9 Å². The van der Waals surface area contributed by atoms with Gasteiger partial charge in [0.2, 0.25) is 0 Å². The molecule has 1 fully saturated rings. The minimum absolute atomic E-state index is 0.00187. The molecule has 1 aliphatic heterocycles. The number of ether oxygens (including phenoxy) is 2. The average Bonchev–Trinajstić information content (AvgIpc) is 3.09. The maximum Gasteiger partial charge on any atom is 0.407 e. The molecule has 1 aromatic carbocycles. The van der Waals surface area contributed by atoms with E-state index in [1.54, 1.807) is 32.5 Å². The van der Waals surface area contributed by atoms with Gasteiger partial charge in [0.05, 0.1) is 25.6 Å². The minimum Gasteiger partial charge on any atom is -0.481 e. The Hall–Kier alpha value is -3.12. The molecule has 2 N–H and O–H groups in total. The number of hydroxylamine groups is 2. The highest BCUT2D eigenvalue weighted by Crippen LogP contribution is 2.27. The number of nitrogens with zero attached hydrogens (tertiary/aromatic N) is 1. The number of hydrogen-bond acceptors (Lipinski definition) is 9. The van der Waals surface area contributed by atoms with Crippen molar-refractivity contribution in [2.24, 2.45) is 5.92 Å². The van der Waals surface area contributed by atoms with Crippen LogP contribution >= 0.6 is 11.8 Å². The van der Waals surface area contributed by atoms with Crippen LogP contribution in [0.4, 0.5) is 4.79 Å². The van der Waals surface area contributed by atoms with Crippen molar-refractivity contribution in [3.63, 3.8) is 0 Å². The zero-order chi connectivity index (χ0) is 28.1. The van der Waals surface area contributed by atoms with Crippen LogP contribution in [0.15, 0.2) is 29.2 Å². The zero-order valence-electron chi connectivity index (χ0n) is 22.0. The van der Waals surface area contributed by atoms with Gasteiger partial charge >= 0.3 is 18.0 Å². The Kier molecular flexibility index (Phi) is 12.5. The van der Waals surface area contributed by atoms with Crippen LogP contribution in [0.3, 0.4) is 0 Å². The predicted molar refractivity (Wildman–Crippen MR) is 138 cm³/mol. The Morgan fingerprint density at radius 3 is 2.47 bits per heavy atom. The van der Waals surface area contributed by atoms with E-state index in [1.165, 1.54) is 0 Å². The molecule has 12 heteroatoms. The van der Waals surface area contributed by atoms with E-state index >= 15 is 0 Å². The molecule has 1 unspecified atom stereocenters. The van der Waals surface area contributed by atoms with Crippen molar-refractivity contribution in [1.82, 2.24) is 10.4 Å². The smallest absolute Gasteiger partial charge is 0.407 e. The molecule has 1 aromatic rings. The van der Waals surface area contributed by atoms with E-state index in [0.29, 0.717) is 24.3 Å². The fourth-order valence-corrected chi connectivity index (χ4v) is 4.33. The first-order chi connectivity index (χ1) is 17.9. The second-order valence-electron chi connectivity index (χ2n) is 9.71. The fraction of sp³-hybridized carbons (Fsp3) is 0.577. The van der Waals surface area contributed by atoms with Gasteiger partial charge in [-0.2, -0.15) is 0 Å². The molecule has 0 aliphatic carbocycles. The van der Waals surface area contributed by atoms with Crippen molar-refractivity contribution in [2.45, 2.75) is 69.8 Å². The van der Waals surface area contributed by atoms with Gasteiger partial charge < -0.3 is 24.7 Å². The molecule has 3 amide bonds. The Morgan fingerprint density at radius 2 is 1.82 bits per heavy atom. The number of aryl methyl sites for hydroxylation is 1. The summed E-state index contributed by atoms with van der Waals surface area (Å²) >= 11 is 1.61. The van der Waals surface area contributed by atoms with E-state index in [1.807, 2.05) is 24.3 Å². The molecule has 0 bridgehead atoms. The Labute approximate surface area is 226 Å². The van der Waals surface area contributed by atoms with Gasteiger partial charge in [0, 0.05) is 24.3 Å². The lowest BCUT2D eigenvalue weighted by atomic mass is 10.0. The first-order valence-electron chi connectivity index (χ1n) is 12.5. The number of aliphatic carboxylic acids is 1. The number of rotatable bonds is 15. The van der Waals surface area contributed by atoms with Crippen molar-refractivity contribution in [3.05, 3.63) is 29.8 Å². The SMILES string of the molecule is CC(C)(C)OC(=O)NCCOCCC(=O)ON1C(=O)CC(CCCSc2ccc(CCC(=O)O)cc2)C1=O. The van der Waals surface area contributed by atoms with Gasteiger partial charge in [-0.1, -0.05) is 12.1 Å². The molecule has 0 aromatic heterocycles. The minimum atomic E-state index is -0.827. The first kappa shape index (κ1) is 31.1. The van der Waals surface area contributed by atoms with Crippen molar-refractivity contribution in [1.29, 1.82) is 0 Å². The second kappa shape index (κ2) is 15.3. The number of benzene rings is 1. The quantitative estimate of drug-likeness (QED) is 0.188. The van der Waals surface area contributed by atoms with Gasteiger partial charge in [0.15, 0.2) is 0 Å². The normalized spacial score (nSPS) is 15.4. The van der Waals surface area contributed by atoms with Crippen molar-refractivity contribution < 1.29 is 43.4 Å². The number of alkyl carbamates (subject to hydrolysis) is 1. The molecule has 38 heavy (non-hydrogen) atoms. The molecule has 0 radical (unpaired) electrons. The largest absolute Gasteiger partial charge is 0.481 e. The molecule has 1 heterocycles. The summed E-state index contributed by atoms with van der Waals surface area (Å²) in [6.45, 7) is 5.62. The number of carboxylic acids is 1. The molecule has 1 aliphatic rings. The zero-order valence-corrected chi connectivity index (χ0v) is 22.8. The fourth-order valence-electron chi connectivity index (χ4n) is 3.46. The number of carbonyl (C=O) groups is 5. The molecule has 1 saturated heterocycles. The Bertz CT molecular complexity index is 976. The van der Waals surface area contributed by atoms with Crippen molar-refractivity contribution in [3.8, 4) is 0 Å². The van der Waals surface area contributed by atoms with Gasteiger partial charge in [0.25, 0.3) is 11.8 Å². The first-order valence-corrected chi connectivity index (χ1v) is 13.5. The van der Waals surface area contributed by atoms with Crippen LogP contribution < -0.4 is 5.32 Å². The van der Waals surface area contributed by atoms with Gasteiger partial charge in [-0.25, -0.2) is 9.59 Å². The van der Waals surface area contributed by atoms with Crippen molar-refractivity contribution in [2.75, 3.05) is 25.5 Å². The van der Waals surface area contributed by atoms with Crippen LogP contribution in [0.25, 0.3) is 0 Å². The van der Waals surface area contributed by atoms with Crippen LogP contribution in [0, 0.1) is 5.92 Å². The van der Waals surface area contributed by atoms with Crippen LogP contribution in [-0.4, -0.2) is 71.1 Å². The lowest BCUT2D eigenvalue weighted by Gasteiger charge is -2.19. The van der Waals surface area contributed by atoms with Gasteiger partial charge in [-0.3, -0.25) is 14.4 Å². The maximum absolute atomic E-state index is 12.5. The summed E-state index contributed by atoms with van der Waals surface area (Å²) in [5.74, 6) is -2.42. The second-order valence-corrected chi connectivity index (χ2v) is 10.9. The summed E-state index contributed by atoms with van der Waals surface area (Å²) in [5.41, 5.74) is 0.361. The molecule has 210 valence electrons. The number of carboxylic acid groups (broad SMARTS) is 1. The number of carbonyl (C=O) groups excluding carboxylic acids is 4. The number of hydrogen-bond donors (Lipinski definition) is 2. The number of nitrogens with one attached hydrogen (secondary N) is 1.